The molecule has 216 valence electrons. The van der Waals surface area contributed by atoms with E-state index in [1.165, 1.54) is 20.4 Å². The van der Waals surface area contributed by atoms with Gasteiger partial charge in [-0.3, -0.25) is 9.59 Å². The molecule has 2 N–H and O–H groups in total. The second kappa shape index (κ2) is 11.0. The molecule has 3 heterocycles. The zero-order chi connectivity index (χ0) is 28.6. The van der Waals surface area contributed by atoms with Gasteiger partial charge in [-0.1, -0.05) is 12.8 Å². The minimum Gasteiger partial charge on any atom is -0.495 e. The number of halogens is 2. The van der Waals surface area contributed by atoms with Crippen LogP contribution < -0.4 is 30.1 Å². The molecule has 2 aliphatic heterocycles. The highest BCUT2D eigenvalue weighted by Crippen LogP contribution is 2.41. The average molecular weight is 559 g/mol. The van der Waals surface area contributed by atoms with E-state index in [4.69, 9.17) is 4.74 Å². The number of nitrogens with one attached hydrogen (secondary N) is 2. The van der Waals surface area contributed by atoms with Crippen molar-refractivity contribution in [3.8, 4) is 5.75 Å². The van der Waals surface area contributed by atoms with Crippen LogP contribution >= 0.6 is 0 Å². The van der Waals surface area contributed by atoms with Gasteiger partial charge in [0.25, 0.3) is 11.8 Å². The quantitative estimate of drug-likeness (QED) is 0.554. The molecule has 0 atom stereocenters. The smallest absolute Gasteiger partial charge is 0.342 e. The Morgan fingerprint density at radius 1 is 1.10 bits per heavy atom. The Balaban J connectivity index is 1.55. The van der Waals surface area contributed by atoms with Crippen LogP contribution in [0.5, 0.6) is 5.75 Å². The molecule has 3 aliphatic rings. The monoisotopic (exact) mass is 558 g/mol. The Labute approximate surface area is 232 Å². The van der Waals surface area contributed by atoms with Crippen molar-refractivity contribution >= 4 is 40.6 Å². The number of hydrogen-bond donors (Lipinski definition) is 2. The molecule has 1 aromatic carbocycles. The van der Waals surface area contributed by atoms with Gasteiger partial charge in [0, 0.05) is 46.3 Å². The van der Waals surface area contributed by atoms with Crippen LogP contribution in [0.25, 0.3) is 0 Å². The van der Waals surface area contributed by atoms with Crippen LogP contribution in [0.15, 0.2) is 18.3 Å². The lowest BCUT2D eigenvalue weighted by Crippen LogP contribution is -2.48. The maximum absolute atomic E-state index is 14.9. The van der Waals surface area contributed by atoms with E-state index in [1.807, 2.05) is 6.07 Å². The lowest BCUT2D eigenvalue weighted by molar-refractivity contribution is -0.140. The lowest BCUT2D eigenvalue weighted by atomic mass is 10.1. The summed E-state index contributed by atoms with van der Waals surface area (Å²) in [6.07, 6.45) is 4.78. The molecular formula is C27H36F2N8O3. The highest BCUT2D eigenvalue weighted by molar-refractivity contribution is 6.02. The summed E-state index contributed by atoms with van der Waals surface area (Å²) in [7, 11) is 6.47. The predicted molar refractivity (Wildman–Crippen MR) is 149 cm³/mol. The molecule has 1 aliphatic carbocycles. The number of carbonyl (C=O) groups excluding carboxylic acids is 2. The molecule has 2 aromatic rings. The van der Waals surface area contributed by atoms with E-state index >= 15 is 0 Å². The number of alkyl halides is 2. The Kier molecular flexibility index (Phi) is 7.67. The van der Waals surface area contributed by atoms with Crippen molar-refractivity contribution in [1.82, 2.24) is 20.2 Å². The fourth-order valence-electron chi connectivity index (χ4n) is 5.68. The third-order valence-electron chi connectivity index (χ3n) is 8.02. The third-order valence-corrected chi connectivity index (χ3v) is 8.02. The van der Waals surface area contributed by atoms with Gasteiger partial charge in [-0.15, -0.1) is 0 Å². The number of anilines is 5. The zero-order valence-electron chi connectivity index (χ0n) is 23.3. The summed E-state index contributed by atoms with van der Waals surface area (Å²) in [5, 5.41) is 5.89. The van der Waals surface area contributed by atoms with Gasteiger partial charge >= 0.3 is 5.92 Å². The van der Waals surface area contributed by atoms with Gasteiger partial charge < -0.3 is 35.0 Å². The number of nitrogens with zero attached hydrogens (tertiary/aromatic N) is 6. The number of benzene rings is 1. The fourth-order valence-corrected chi connectivity index (χ4v) is 5.68. The van der Waals surface area contributed by atoms with Crippen LogP contribution in [-0.2, 0) is 4.79 Å². The van der Waals surface area contributed by atoms with Gasteiger partial charge in [-0.05, 0) is 32.0 Å². The van der Waals surface area contributed by atoms with E-state index in [9.17, 15) is 18.4 Å². The van der Waals surface area contributed by atoms with Crippen LogP contribution in [0.4, 0.5) is 37.6 Å². The molecule has 0 spiro atoms. The fraction of sp³-hybridized carbons (Fsp3) is 0.556. The first kappa shape index (κ1) is 27.8. The van der Waals surface area contributed by atoms with E-state index < -0.39 is 18.4 Å². The van der Waals surface area contributed by atoms with Crippen LogP contribution in [0.1, 0.15) is 36.0 Å². The minimum absolute atomic E-state index is 0.142. The number of rotatable bonds is 6. The summed E-state index contributed by atoms with van der Waals surface area (Å²) < 4.78 is 35.5. The number of piperazine rings is 1. The first-order valence-electron chi connectivity index (χ1n) is 13.6. The number of carbonyl (C=O) groups is 2. The standard InChI is InChI=1S/C27H36F2N8O3/c1-30-24(38)18-13-22(40-4)19(14-20(18)36-11-9-34(2)10-12-36)32-26-31-15-21-23(33-26)37(17-7-5-6-8-17)16-27(28,29)25(39)35(21)3/h13-15,17H,5-12,16H2,1-4H3,(H,30,38)(H,31,32,33). The summed E-state index contributed by atoms with van der Waals surface area (Å²) in [5.41, 5.74) is 1.98. The van der Waals surface area contributed by atoms with Crippen molar-refractivity contribution in [2.75, 3.05) is 81.0 Å². The SMILES string of the molecule is CNC(=O)c1cc(OC)c(Nc2ncc3c(n2)N(C2CCCC2)CC(F)(F)C(=O)N3C)cc1N1CCN(C)CC1. The third kappa shape index (κ3) is 5.21. The number of hydrogen-bond acceptors (Lipinski definition) is 9. The zero-order valence-corrected chi connectivity index (χ0v) is 23.3. The summed E-state index contributed by atoms with van der Waals surface area (Å²) in [6.45, 7) is 2.45. The Morgan fingerprint density at radius 3 is 2.45 bits per heavy atom. The first-order valence-corrected chi connectivity index (χ1v) is 13.6. The molecule has 13 heteroatoms. The van der Waals surface area contributed by atoms with Crippen molar-refractivity contribution in [3.63, 3.8) is 0 Å². The van der Waals surface area contributed by atoms with Crippen molar-refractivity contribution in [2.24, 2.45) is 0 Å². The average Bonchev–Trinajstić information content (AvgIpc) is 3.48. The van der Waals surface area contributed by atoms with Crippen molar-refractivity contribution in [2.45, 2.75) is 37.6 Å². The molecule has 40 heavy (non-hydrogen) atoms. The number of likely N-dealkylation sites (N-methyl/N-ethyl adjacent to an activating group) is 1. The van der Waals surface area contributed by atoms with Gasteiger partial charge in [0.2, 0.25) is 5.95 Å². The molecule has 2 fully saturated rings. The van der Waals surface area contributed by atoms with Gasteiger partial charge in [-0.25, -0.2) is 4.98 Å². The molecule has 0 unspecified atom stereocenters. The Bertz CT molecular complexity index is 1280. The van der Waals surface area contributed by atoms with Crippen LogP contribution in [0.2, 0.25) is 0 Å². The topological polar surface area (TPSA) is 106 Å². The molecular weight excluding hydrogens is 522 g/mol. The van der Waals surface area contributed by atoms with Gasteiger partial charge in [0.05, 0.1) is 36.8 Å². The van der Waals surface area contributed by atoms with E-state index in [1.54, 1.807) is 18.0 Å². The lowest BCUT2D eigenvalue weighted by Gasteiger charge is -2.35. The second-order valence-corrected chi connectivity index (χ2v) is 10.6. The molecule has 2 amide bonds. The number of ether oxygens (including phenoxy) is 1. The molecule has 0 radical (unpaired) electrons. The predicted octanol–water partition coefficient (Wildman–Crippen LogP) is 2.70. The largest absolute Gasteiger partial charge is 0.495 e. The second-order valence-electron chi connectivity index (χ2n) is 10.6. The number of methoxy groups -OCH3 is 1. The van der Waals surface area contributed by atoms with Crippen molar-refractivity contribution < 1.29 is 23.1 Å². The van der Waals surface area contributed by atoms with Gasteiger partial charge in [0.15, 0.2) is 5.82 Å². The first-order chi connectivity index (χ1) is 19.1. The normalized spacial score (nSPS) is 19.9. The number of aromatic nitrogens is 2. The Hall–Kier alpha value is -3.74. The number of fused-ring (bicyclic) bond motifs is 1. The van der Waals surface area contributed by atoms with Gasteiger partial charge in [-0.2, -0.15) is 13.8 Å². The van der Waals surface area contributed by atoms with Gasteiger partial charge in [0.1, 0.15) is 11.4 Å². The highest BCUT2D eigenvalue weighted by atomic mass is 19.3. The summed E-state index contributed by atoms with van der Waals surface area (Å²) in [4.78, 5) is 41.3. The molecule has 1 saturated heterocycles. The van der Waals surface area contributed by atoms with Crippen LogP contribution in [-0.4, -0.2) is 99.6 Å². The molecule has 11 nitrogen and oxygen atoms in total. The Morgan fingerprint density at radius 2 is 1.80 bits per heavy atom. The van der Waals surface area contributed by atoms with Crippen molar-refractivity contribution in [1.29, 1.82) is 0 Å². The molecule has 0 bridgehead atoms. The van der Waals surface area contributed by atoms with Crippen LogP contribution in [0, 0.1) is 0 Å². The summed E-state index contributed by atoms with van der Waals surface area (Å²) in [6, 6.07) is 3.37. The summed E-state index contributed by atoms with van der Waals surface area (Å²) in [5.74, 6) is -4.20. The van der Waals surface area contributed by atoms with Crippen molar-refractivity contribution in [3.05, 3.63) is 23.9 Å². The van der Waals surface area contributed by atoms with E-state index in [0.29, 0.717) is 17.0 Å². The maximum atomic E-state index is 14.9. The highest BCUT2D eigenvalue weighted by Gasteiger charge is 2.48. The summed E-state index contributed by atoms with van der Waals surface area (Å²) >= 11 is 0. The number of amides is 2. The van der Waals surface area contributed by atoms with E-state index in [-0.39, 0.29) is 29.4 Å². The van der Waals surface area contributed by atoms with E-state index in [0.717, 1.165) is 62.4 Å². The molecule has 5 rings (SSSR count). The molecule has 1 aromatic heterocycles. The van der Waals surface area contributed by atoms with Crippen LogP contribution in [0.3, 0.4) is 0 Å². The molecule has 1 saturated carbocycles. The maximum Gasteiger partial charge on any atom is 0.342 e. The minimum atomic E-state index is -3.55. The van der Waals surface area contributed by atoms with E-state index in [2.05, 4.69) is 37.4 Å².